The van der Waals surface area contributed by atoms with Crippen molar-refractivity contribution < 1.29 is 37.0 Å². The molecule has 0 heterocycles. The maximum Gasteiger partial charge on any atom is 0.432 e. The number of hydrogen-bond acceptors (Lipinski definition) is 5. The third-order valence-corrected chi connectivity index (χ3v) is 5.88. The average molecular weight is 489 g/mol. The van der Waals surface area contributed by atoms with Crippen LogP contribution in [0.15, 0.2) is 30.3 Å². The van der Waals surface area contributed by atoms with Crippen molar-refractivity contribution in [2.75, 3.05) is 14.2 Å². The molecule has 194 valence electrons. The highest BCUT2D eigenvalue weighted by Crippen LogP contribution is 2.43. The summed E-state index contributed by atoms with van der Waals surface area (Å²) in [5, 5.41) is 0. The van der Waals surface area contributed by atoms with Crippen molar-refractivity contribution in [3.8, 4) is 0 Å². The number of methoxy groups -OCH3 is 2. The standard InChI is InChI=1S/C26H39F3O5/c1-20(2)15-11-8-6-5-7-9-14-18-22(19-23(30)32-3)34-24(31)25(33-4,26(27,28)29)21-16-12-10-13-17-21/h10,12-13,16-17,20,22H,5-9,11,14-15,18-19H2,1-4H3/t22-,25-/m1/s1. The lowest BCUT2D eigenvalue weighted by molar-refractivity contribution is -0.278. The number of carbonyl (C=O) groups is 2. The van der Waals surface area contributed by atoms with E-state index < -0.39 is 29.8 Å². The molecule has 8 heteroatoms. The molecule has 0 aromatic heterocycles. The fourth-order valence-corrected chi connectivity index (χ4v) is 3.90. The summed E-state index contributed by atoms with van der Waals surface area (Å²) in [6, 6.07) is 6.63. The number of esters is 2. The molecule has 1 rings (SSSR count). The summed E-state index contributed by atoms with van der Waals surface area (Å²) in [7, 11) is 2.00. The van der Waals surface area contributed by atoms with Crippen LogP contribution in [0.3, 0.4) is 0 Å². The lowest BCUT2D eigenvalue weighted by atomic mass is 9.92. The first-order valence-corrected chi connectivity index (χ1v) is 12.0. The van der Waals surface area contributed by atoms with E-state index in [1.54, 1.807) is 0 Å². The van der Waals surface area contributed by atoms with Crippen LogP contribution in [0.25, 0.3) is 0 Å². The van der Waals surface area contributed by atoms with Crippen LogP contribution in [-0.2, 0) is 29.4 Å². The number of ether oxygens (including phenoxy) is 3. The summed E-state index contributed by atoms with van der Waals surface area (Å²) in [4.78, 5) is 24.7. The minimum Gasteiger partial charge on any atom is -0.469 e. The van der Waals surface area contributed by atoms with Gasteiger partial charge in [-0.15, -0.1) is 0 Å². The zero-order chi connectivity index (χ0) is 25.6. The predicted molar refractivity (Wildman–Crippen MR) is 124 cm³/mol. The molecule has 0 saturated carbocycles. The minimum atomic E-state index is -5.06. The van der Waals surface area contributed by atoms with Gasteiger partial charge in [0, 0.05) is 12.7 Å². The Balaban J connectivity index is 2.76. The van der Waals surface area contributed by atoms with Crippen LogP contribution >= 0.6 is 0 Å². The monoisotopic (exact) mass is 488 g/mol. The molecule has 1 aromatic carbocycles. The van der Waals surface area contributed by atoms with Crippen molar-refractivity contribution in [3.63, 3.8) is 0 Å². The van der Waals surface area contributed by atoms with E-state index in [9.17, 15) is 22.8 Å². The average Bonchev–Trinajstić information content (AvgIpc) is 2.78. The lowest BCUT2D eigenvalue weighted by Crippen LogP contribution is -2.52. The van der Waals surface area contributed by atoms with Crippen molar-refractivity contribution in [1.29, 1.82) is 0 Å². The molecular weight excluding hydrogens is 449 g/mol. The summed E-state index contributed by atoms with van der Waals surface area (Å²) < 4.78 is 57.0. The van der Waals surface area contributed by atoms with Gasteiger partial charge in [-0.1, -0.05) is 89.1 Å². The number of hydrogen-bond donors (Lipinski definition) is 0. The first-order chi connectivity index (χ1) is 16.1. The maximum atomic E-state index is 14.1. The third kappa shape index (κ3) is 9.28. The van der Waals surface area contributed by atoms with Crippen molar-refractivity contribution in [1.82, 2.24) is 0 Å². The van der Waals surface area contributed by atoms with E-state index in [1.165, 1.54) is 44.6 Å². The van der Waals surface area contributed by atoms with Gasteiger partial charge in [0.2, 0.25) is 0 Å². The number of unbranched alkanes of at least 4 members (excludes halogenated alkanes) is 6. The van der Waals surface area contributed by atoms with Gasteiger partial charge in [-0.2, -0.15) is 13.2 Å². The fourth-order valence-electron chi connectivity index (χ4n) is 3.90. The minimum absolute atomic E-state index is 0.265. The highest BCUT2D eigenvalue weighted by Gasteiger charge is 2.64. The van der Waals surface area contributed by atoms with Crippen molar-refractivity contribution in [3.05, 3.63) is 35.9 Å². The number of benzene rings is 1. The summed E-state index contributed by atoms with van der Waals surface area (Å²) in [6.07, 6.45) is 2.15. The Morgan fingerprint density at radius 1 is 0.853 bits per heavy atom. The van der Waals surface area contributed by atoms with E-state index in [1.807, 2.05) is 0 Å². The maximum absolute atomic E-state index is 14.1. The number of rotatable bonds is 16. The van der Waals surface area contributed by atoms with Gasteiger partial charge in [0.15, 0.2) is 0 Å². The topological polar surface area (TPSA) is 61.8 Å². The first-order valence-electron chi connectivity index (χ1n) is 12.0. The summed E-state index contributed by atoms with van der Waals surface area (Å²) in [6.45, 7) is 4.42. The summed E-state index contributed by atoms with van der Waals surface area (Å²) in [5.74, 6) is -1.53. The molecule has 1 aromatic rings. The Labute approximate surface area is 201 Å². The zero-order valence-electron chi connectivity index (χ0n) is 20.8. The quantitative estimate of drug-likeness (QED) is 0.191. The summed E-state index contributed by atoms with van der Waals surface area (Å²) in [5.41, 5.74) is -3.66. The van der Waals surface area contributed by atoms with E-state index in [2.05, 4.69) is 18.6 Å². The molecule has 0 aliphatic heterocycles. The molecule has 2 atom stereocenters. The highest BCUT2D eigenvalue weighted by molar-refractivity contribution is 5.83. The van der Waals surface area contributed by atoms with Gasteiger partial charge in [0.1, 0.15) is 6.10 Å². The van der Waals surface area contributed by atoms with Crippen LogP contribution in [0.4, 0.5) is 13.2 Å². The fraction of sp³-hybridized carbons (Fsp3) is 0.692. The van der Waals surface area contributed by atoms with Gasteiger partial charge < -0.3 is 14.2 Å². The van der Waals surface area contributed by atoms with Gasteiger partial charge in [0.25, 0.3) is 5.60 Å². The van der Waals surface area contributed by atoms with Crippen LogP contribution in [-0.4, -0.2) is 38.4 Å². The van der Waals surface area contributed by atoms with Crippen molar-refractivity contribution >= 4 is 11.9 Å². The van der Waals surface area contributed by atoms with Gasteiger partial charge in [-0.3, -0.25) is 4.79 Å². The van der Waals surface area contributed by atoms with Crippen LogP contribution in [0, 0.1) is 5.92 Å². The lowest BCUT2D eigenvalue weighted by Gasteiger charge is -2.33. The van der Waals surface area contributed by atoms with E-state index >= 15 is 0 Å². The van der Waals surface area contributed by atoms with Gasteiger partial charge in [-0.05, 0) is 18.8 Å². The molecule has 0 fully saturated rings. The molecule has 0 spiro atoms. The molecule has 0 aliphatic carbocycles. The molecular formula is C26H39F3O5. The molecule has 0 unspecified atom stereocenters. The largest absolute Gasteiger partial charge is 0.469 e. The number of carbonyl (C=O) groups excluding carboxylic acids is 2. The Morgan fingerprint density at radius 2 is 1.38 bits per heavy atom. The SMILES string of the molecule is COC(=O)C[C@@H](CCCCCCCCCC(C)C)OC(=O)[C@](OC)(c1ccccc1)C(F)(F)F. The Kier molecular flexibility index (Phi) is 13.2. The second-order valence-electron chi connectivity index (χ2n) is 9.00. The third-order valence-electron chi connectivity index (χ3n) is 5.88. The molecule has 0 aliphatic rings. The Hall–Kier alpha value is -2.09. The normalized spacial score (nSPS) is 14.5. The molecule has 0 amide bonds. The zero-order valence-corrected chi connectivity index (χ0v) is 20.8. The van der Waals surface area contributed by atoms with E-state index in [-0.39, 0.29) is 18.4 Å². The molecule has 0 N–H and O–H groups in total. The Morgan fingerprint density at radius 3 is 1.85 bits per heavy atom. The van der Waals surface area contributed by atoms with E-state index in [0.29, 0.717) is 12.3 Å². The Bertz CT molecular complexity index is 721. The van der Waals surface area contributed by atoms with Crippen LogP contribution < -0.4 is 0 Å². The number of halogens is 3. The molecule has 0 bridgehead atoms. The second kappa shape index (κ2) is 15.0. The smallest absolute Gasteiger partial charge is 0.432 e. The van der Waals surface area contributed by atoms with Gasteiger partial charge in [0.05, 0.1) is 13.5 Å². The predicted octanol–water partition coefficient (Wildman–Crippen LogP) is 6.73. The molecule has 5 nitrogen and oxygen atoms in total. The summed E-state index contributed by atoms with van der Waals surface area (Å²) >= 11 is 0. The van der Waals surface area contributed by atoms with Crippen LogP contribution in [0.1, 0.15) is 83.6 Å². The van der Waals surface area contributed by atoms with E-state index in [4.69, 9.17) is 9.47 Å². The van der Waals surface area contributed by atoms with Crippen molar-refractivity contribution in [2.24, 2.45) is 5.92 Å². The van der Waals surface area contributed by atoms with E-state index in [0.717, 1.165) is 44.9 Å². The molecule has 0 saturated heterocycles. The van der Waals surface area contributed by atoms with Crippen LogP contribution in [0.2, 0.25) is 0 Å². The van der Waals surface area contributed by atoms with Crippen LogP contribution in [0.5, 0.6) is 0 Å². The van der Waals surface area contributed by atoms with Crippen molar-refractivity contribution in [2.45, 2.75) is 95.9 Å². The molecule has 34 heavy (non-hydrogen) atoms. The van der Waals surface area contributed by atoms with Gasteiger partial charge in [-0.25, -0.2) is 4.79 Å². The van der Waals surface area contributed by atoms with Gasteiger partial charge >= 0.3 is 18.1 Å². The number of alkyl halides is 3. The highest BCUT2D eigenvalue weighted by atomic mass is 19.4. The second-order valence-corrected chi connectivity index (χ2v) is 9.00. The molecule has 0 radical (unpaired) electrons. The first kappa shape index (κ1) is 29.9.